The molecule has 0 bridgehead atoms. The molecule has 1 saturated carbocycles. The van der Waals surface area contributed by atoms with Crippen molar-refractivity contribution in [1.29, 1.82) is 0 Å². The number of halogens is 2. The van der Waals surface area contributed by atoms with Gasteiger partial charge in [-0.2, -0.15) is 0 Å². The zero-order valence-electron chi connectivity index (χ0n) is 10.7. The number of hydrogen-bond acceptors (Lipinski definition) is 2. The van der Waals surface area contributed by atoms with Crippen molar-refractivity contribution in [3.05, 3.63) is 26.8 Å². The van der Waals surface area contributed by atoms with Gasteiger partial charge in [-0.15, -0.1) is 0 Å². The second kappa shape index (κ2) is 6.76. The molecular formula is C14H15ClINO3. The Bertz CT molecular complexity index is 535. The van der Waals surface area contributed by atoms with Crippen molar-refractivity contribution in [3.8, 4) is 0 Å². The Kier molecular flexibility index (Phi) is 5.26. The number of rotatable bonds is 3. The molecule has 1 aliphatic carbocycles. The predicted molar refractivity (Wildman–Crippen MR) is 85.9 cm³/mol. The molecule has 0 heterocycles. The van der Waals surface area contributed by atoms with Crippen LogP contribution in [0.5, 0.6) is 0 Å². The first-order valence-corrected chi connectivity index (χ1v) is 7.93. The van der Waals surface area contributed by atoms with E-state index in [1.54, 1.807) is 18.2 Å². The molecule has 20 heavy (non-hydrogen) atoms. The molecule has 0 aliphatic heterocycles. The lowest BCUT2D eigenvalue weighted by atomic mass is 9.78. The number of hydrogen-bond donors (Lipinski definition) is 2. The van der Waals surface area contributed by atoms with Crippen LogP contribution in [-0.4, -0.2) is 17.0 Å². The Morgan fingerprint density at radius 3 is 2.50 bits per heavy atom. The van der Waals surface area contributed by atoms with Crippen LogP contribution in [0, 0.1) is 15.4 Å². The van der Waals surface area contributed by atoms with Gasteiger partial charge in [0, 0.05) is 8.59 Å². The van der Waals surface area contributed by atoms with Crippen LogP contribution < -0.4 is 5.32 Å². The van der Waals surface area contributed by atoms with Crippen LogP contribution in [0.3, 0.4) is 0 Å². The monoisotopic (exact) mass is 407 g/mol. The van der Waals surface area contributed by atoms with E-state index in [0.29, 0.717) is 23.6 Å². The van der Waals surface area contributed by atoms with Gasteiger partial charge < -0.3 is 10.4 Å². The zero-order chi connectivity index (χ0) is 14.7. The lowest BCUT2D eigenvalue weighted by Crippen LogP contribution is -2.36. The summed E-state index contributed by atoms with van der Waals surface area (Å²) in [7, 11) is 0. The Morgan fingerprint density at radius 1 is 1.25 bits per heavy atom. The van der Waals surface area contributed by atoms with Crippen molar-refractivity contribution in [2.45, 2.75) is 25.7 Å². The van der Waals surface area contributed by atoms with Crippen LogP contribution in [0.4, 0.5) is 5.69 Å². The van der Waals surface area contributed by atoms with E-state index in [1.807, 2.05) is 0 Å². The largest absolute Gasteiger partial charge is 0.481 e. The summed E-state index contributed by atoms with van der Waals surface area (Å²) < 4.78 is 0.839. The van der Waals surface area contributed by atoms with Crippen molar-refractivity contribution >= 4 is 51.8 Å². The number of carboxylic acid groups (broad SMARTS) is 1. The van der Waals surface area contributed by atoms with Crippen molar-refractivity contribution in [1.82, 2.24) is 0 Å². The fourth-order valence-corrected chi connectivity index (χ4v) is 3.56. The number of benzene rings is 1. The fraction of sp³-hybridized carbons (Fsp3) is 0.429. The molecule has 0 aromatic heterocycles. The SMILES string of the molecule is O=C(O)[C@H]1CCCC[C@H]1C(=O)Nc1ccc(Cl)cc1I. The number of carbonyl (C=O) groups is 2. The van der Waals surface area contributed by atoms with E-state index in [9.17, 15) is 14.7 Å². The van der Waals surface area contributed by atoms with E-state index in [4.69, 9.17) is 11.6 Å². The van der Waals surface area contributed by atoms with Gasteiger partial charge in [0.05, 0.1) is 17.5 Å². The van der Waals surface area contributed by atoms with Crippen LogP contribution in [-0.2, 0) is 9.59 Å². The molecule has 1 aliphatic rings. The highest BCUT2D eigenvalue weighted by Gasteiger charge is 2.35. The maximum absolute atomic E-state index is 12.3. The third-order valence-electron chi connectivity index (χ3n) is 3.61. The highest BCUT2D eigenvalue weighted by molar-refractivity contribution is 14.1. The predicted octanol–water partition coefficient (Wildman–Crippen LogP) is 3.77. The minimum absolute atomic E-state index is 0.211. The van der Waals surface area contributed by atoms with Gasteiger partial charge in [0.2, 0.25) is 5.91 Å². The van der Waals surface area contributed by atoms with Gasteiger partial charge >= 0.3 is 5.97 Å². The summed E-state index contributed by atoms with van der Waals surface area (Å²) in [6, 6.07) is 5.20. The van der Waals surface area contributed by atoms with Crippen molar-refractivity contribution in [2.24, 2.45) is 11.8 Å². The molecule has 2 N–H and O–H groups in total. The molecule has 0 unspecified atom stereocenters. The van der Waals surface area contributed by atoms with Gasteiger partial charge in [0.1, 0.15) is 0 Å². The summed E-state index contributed by atoms with van der Waals surface area (Å²) in [5.41, 5.74) is 0.676. The second-order valence-electron chi connectivity index (χ2n) is 4.95. The maximum Gasteiger partial charge on any atom is 0.307 e. The van der Waals surface area contributed by atoms with Gasteiger partial charge in [-0.05, 0) is 53.6 Å². The molecular weight excluding hydrogens is 393 g/mol. The maximum atomic E-state index is 12.3. The van der Waals surface area contributed by atoms with Crippen molar-refractivity contribution in [3.63, 3.8) is 0 Å². The molecule has 2 rings (SSSR count). The summed E-state index contributed by atoms with van der Waals surface area (Å²) >= 11 is 7.97. The van der Waals surface area contributed by atoms with Gasteiger partial charge in [0.15, 0.2) is 0 Å². The summed E-state index contributed by atoms with van der Waals surface area (Å²) in [6.45, 7) is 0. The molecule has 0 saturated heterocycles. The highest BCUT2D eigenvalue weighted by Crippen LogP contribution is 2.32. The van der Waals surface area contributed by atoms with E-state index < -0.39 is 17.8 Å². The standard InChI is InChI=1S/C14H15ClINO3/c15-8-5-6-12(11(16)7-8)17-13(18)9-3-1-2-4-10(9)14(19)20/h5-7,9-10H,1-4H2,(H,17,18)(H,19,20)/t9-,10+/m1/s1. The molecule has 1 fully saturated rings. The molecule has 0 spiro atoms. The molecule has 1 aromatic carbocycles. The first-order chi connectivity index (χ1) is 9.49. The van der Waals surface area contributed by atoms with Crippen LogP contribution in [0.25, 0.3) is 0 Å². The Morgan fingerprint density at radius 2 is 1.90 bits per heavy atom. The van der Waals surface area contributed by atoms with Gasteiger partial charge in [0.25, 0.3) is 0 Å². The molecule has 1 aromatic rings. The third kappa shape index (κ3) is 3.63. The molecule has 6 heteroatoms. The molecule has 0 radical (unpaired) electrons. The normalized spacial score (nSPS) is 22.3. The number of carbonyl (C=O) groups excluding carboxylic acids is 1. The summed E-state index contributed by atoms with van der Waals surface area (Å²) in [5, 5.41) is 12.6. The van der Waals surface area contributed by atoms with Crippen molar-refractivity contribution in [2.75, 3.05) is 5.32 Å². The molecule has 1 amide bonds. The third-order valence-corrected chi connectivity index (χ3v) is 4.74. The Balaban J connectivity index is 2.12. The number of anilines is 1. The molecule has 4 nitrogen and oxygen atoms in total. The van der Waals surface area contributed by atoms with Crippen LogP contribution >= 0.6 is 34.2 Å². The topological polar surface area (TPSA) is 66.4 Å². The summed E-state index contributed by atoms with van der Waals surface area (Å²) in [6.07, 6.45) is 2.98. The summed E-state index contributed by atoms with van der Waals surface area (Å²) in [4.78, 5) is 23.5. The van der Waals surface area contributed by atoms with Crippen LogP contribution in [0.1, 0.15) is 25.7 Å². The number of aliphatic carboxylic acids is 1. The van der Waals surface area contributed by atoms with Crippen molar-refractivity contribution < 1.29 is 14.7 Å². The van der Waals surface area contributed by atoms with Gasteiger partial charge in [-0.3, -0.25) is 9.59 Å². The molecule has 108 valence electrons. The lowest BCUT2D eigenvalue weighted by Gasteiger charge is -2.27. The zero-order valence-corrected chi connectivity index (χ0v) is 13.6. The summed E-state index contributed by atoms with van der Waals surface area (Å²) in [5.74, 6) is -2.12. The van der Waals surface area contributed by atoms with E-state index in [-0.39, 0.29) is 5.91 Å². The average Bonchev–Trinajstić information content (AvgIpc) is 2.41. The first-order valence-electron chi connectivity index (χ1n) is 6.48. The van der Waals surface area contributed by atoms with Crippen LogP contribution in [0.15, 0.2) is 18.2 Å². The lowest BCUT2D eigenvalue weighted by molar-refractivity contribution is -0.147. The first kappa shape index (κ1) is 15.6. The minimum Gasteiger partial charge on any atom is -0.481 e. The number of carboxylic acids is 1. The van der Waals surface area contributed by atoms with E-state index in [2.05, 4.69) is 27.9 Å². The fourth-order valence-electron chi connectivity index (χ4n) is 2.56. The Labute approximate surface area is 136 Å². The minimum atomic E-state index is -0.879. The highest BCUT2D eigenvalue weighted by atomic mass is 127. The van der Waals surface area contributed by atoms with Crippen LogP contribution in [0.2, 0.25) is 5.02 Å². The smallest absolute Gasteiger partial charge is 0.307 e. The van der Waals surface area contributed by atoms with E-state index in [0.717, 1.165) is 16.4 Å². The van der Waals surface area contributed by atoms with Gasteiger partial charge in [-0.1, -0.05) is 24.4 Å². The quantitative estimate of drug-likeness (QED) is 0.750. The van der Waals surface area contributed by atoms with E-state index in [1.165, 1.54) is 0 Å². The average molecular weight is 408 g/mol. The second-order valence-corrected chi connectivity index (χ2v) is 6.55. The number of amides is 1. The number of nitrogens with one attached hydrogen (secondary N) is 1. The molecule has 2 atom stereocenters. The van der Waals surface area contributed by atoms with Gasteiger partial charge in [-0.25, -0.2) is 0 Å². The Hall–Kier alpha value is -0.820. The van der Waals surface area contributed by atoms with E-state index >= 15 is 0 Å².